The van der Waals surface area contributed by atoms with Crippen LogP contribution in [0.5, 0.6) is 0 Å². The maximum absolute atomic E-state index is 14.0. The van der Waals surface area contributed by atoms with Crippen molar-refractivity contribution in [1.29, 1.82) is 0 Å². The van der Waals surface area contributed by atoms with Crippen LogP contribution in [0.4, 0.5) is 0 Å². The molecule has 0 bridgehead atoms. The van der Waals surface area contributed by atoms with E-state index in [2.05, 4.69) is 45.0 Å². The zero-order chi connectivity index (χ0) is 21.1. The van der Waals surface area contributed by atoms with Gasteiger partial charge in [0, 0.05) is 16.7 Å². The number of fused-ring (bicyclic) bond motifs is 3. The summed E-state index contributed by atoms with van der Waals surface area (Å²) in [5.41, 5.74) is 4.93. The fourth-order valence-corrected chi connectivity index (χ4v) is 5.38. The van der Waals surface area contributed by atoms with Crippen molar-refractivity contribution in [3.05, 3.63) is 76.1 Å². The molecular weight excluding hydrogens is 388 g/mol. The second-order valence-electron chi connectivity index (χ2n) is 8.40. The molecule has 0 spiro atoms. The molecule has 1 aliphatic carbocycles. The molecule has 4 rings (SSSR count). The van der Waals surface area contributed by atoms with Crippen LogP contribution >= 0.6 is 11.8 Å². The average Bonchev–Trinajstić information content (AvgIpc) is 2.77. The molecule has 0 saturated carbocycles. The largest absolute Gasteiger partial charge is 0.268 e. The molecule has 3 aromatic rings. The summed E-state index contributed by atoms with van der Waals surface area (Å²) < 4.78 is 1.84. The monoisotopic (exact) mass is 418 g/mol. The van der Waals surface area contributed by atoms with Crippen LogP contribution in [0, 0.1) is 0 Å². The van der Waals surface area contributed by atoms with E-state index in [1.54, 1.807) is 11.8 Å². The standard InChI is InChI=1S/C26H30N2OS/c1-4-6-12-17-30-25-27-23-21-16-11-10-13-19(21)18-26(3,5-2)22(23)24(29)28(25)20-14-8-7-9-15-20/h7-11,13-16H,4-6,12,17-18H2,1-3H3. The van der Waals surface area contributed by atoms with E-state index in [0.29, 0.717) is 0 Å². The third-order valence-electron chi connectivity index (χ3n) is 6.28. The number of benzene rings is 2. The highest BCUT2D eigenvalue weighted by molar-refractivity contribution is 7.99. The molecule has 30 heavy (non-hydrogen) atoms. The lowest BCUT2D eigenvalue weighted by Crippen LogP contribution is -2.39. The highest BCUT2D eigenvalue weighted by Crippen LogP contribution is 2.43. The average molecular weight is 419 g/mol. The maximum atomic E-state index is 14.0. The van der Waals surface area contributed by atoms with E-state index in [1.807, 2.05) is 34.9 Å². The molecule has 1 heterocycles. The Balaban J connectivity index is 1.96. The summed E-state index contributed by atoms with van der Waals surface area (Å²) in [7, 11) is 0. The number of aromatic nitrogens is 2. The van der Waals surface area contributed by atoms with Crippen LogP contribution in [-0.2, 0) is 11.8 Å². The Hall–Kier alpha value is -2.33. The topological polar surface area (TPSA) is 34.9 Å². The van der Waals surface area contributed by atoms with Crippen molar-refractivity contribution in [2.75, 3.05) is 5.75 Å². The van der Waals surface area contributed by atoms with Crippen LogP contribution in [0.15, 0.2) is 64.5 Å². The number of hydrogen-bond acceptors (Lipinski definition) is 3. The van der Waals surface area contributed by atoms with Gasteiger partial charge in [-0.1, -0.05) is 87.8 Å². The summed E-state index contributed by atoms with van der Waals surface area (Å²) in [6.45, 7) is 6.61. The number of unbranched alkanes of at least 4 members (excludes halogenated alkanes) is 2. The van der Waals surface area contributed by atoms with Gasteiger partial charge in [0.15, 0.2) is 5.16 Å². The molecule has 3 nitrogen and oxygen atoms in total. The summed E-state index contributed by atoms with van der Waals surface area (Å²) in [5, 5.41) is 0.802. The van der Waals surface area contributed by atoms with Crippen LogP contribution < -0.4 is 5.56 Å². The van der Waals surface area contributed by atoms with E-state index < -0.39 is 0 Å². The lowest BCUT2D eigenvalue weighted by Gasteiger charge is -2.35. The van der Waals surface area contributed by atoms with Gasteiger partial charge < -0.3 is 0 Å². The smallest absolute Gasteiger partial charge is 0.263 e. The van der Waals surface area contributed by atoms with Crippen molar-refractivity contribution >= 4 is 11.8 Å². The van der Waals surface area contributed by atoms with Gasteiger partial charge in [0.25, 0.3) is 5.56 Å². The third kappa shape index (κ3) is 3.74. The van der Waals surface area contributed by atoms with Crippen molar-refractivity contribution in [3.63, 3.8) is 0 Å². The number of nitrogens with zero attached hydrogens (tertiary/aromatic N) is 2. The molecule has 1 atom stereocenters. The first-order valence-electron chi connectivity index (χ1n) is 11.0. The van der Waals surface area contributed by atoms with E-state index >= 15 is 0 Å². The molecule has 156 valence electrons. The predicted molar refractivity (Wildman–Crippen MR) is 127 cm³/mol. The van der Waals surface area contributed by atoms with Gasteiger partial charge in [-0.2, -0.15) is 0 Å². The van der Waals surface area contributed by atoms with Crippen molar-refractivity contribution in [2.45, 2.75) is 63.4 Å². The van der Waals surface area contributed by atoms with Crippen molar-refractivity contribution in [2.24, 2.45) is 0 Å². The van der Waals surface area contributed by atoms with Gasteiger partial charge >= 0.3 is 0 Å². The van der Waals surface area contributed by atoms with Crippen LogP contribution in [0.2, 0.25) is 0 Å². The Kier molecular flexibility index (Phi) is 6.14. The van der Waals surface area contributed by atoms with E-state index in [0.717, 1.165) is 52.7 Å². The summed E-state index contributed by atoms with van der Waals surface area (Å²) >= 11 is 1.70. The van der Waals surface area contributed by atoms with Crippen molar-refractivity contribution in [3.8, 4) is 16.9 Å². The quantitative estimate of drug-likeness (QED) is 0.253. The number of hydrogen-bond donors (Lipinski definition) is 0. The van der Waals surface area contributed by atoms with E-state index in [1.165, 1.54) is 18.4 Å². The Morgan fingerprint density at radius 3 is 2.50 bits per heavy atom. The predicted octanol–water partition coefficient (Wildman–Crippen LogP) is 6.41. The normalized spacial score (nSPS) is 17.4. The highest BCUT2D eigenvalue weighted by Gasteiger charge is 2.38. The van der Waals surface area contributed by atoms with Crippen LogP contribution in [0.25, 0.3) is 16.9 Å². The molecule has 1 unspecified atom stereocenters. The molecule has 0 radical (unpaired) electrons. The van der Waals surface area contributed by atoms with Gasteiger partial charge in [-0.25, -0.2) is 4.98 Å². The van der Waals surface area contributed by atoms with E-state index in [-0.39, 0.29) is 11.0 Å². The number of rotatable bonds is 7. The second kappa shape index (κ2) is 8.81. The molecule has 0 fully saturated rings. The molecule has 0 N–H and O–H groups in total. The van der Waals surface area contributed by atoms with Gasteiger partial charge in [0.2, 0.25) is 0 Å². The minimum atomic E-state index is -0.213. The Morgan fingerprint density at radius 2 is 1.77 bits per heavy atom. The maximum Gasteiger partial charge on any atom is 0.263 e. The molecule has 1 aliphatic rings. The fourth-order valence-electron chi connectivity index (χ4n) is 4.37. The van der Waals surface area contributed by atoms with Gasteiger partial charge in [0.05, 0.1) is 16.9 Å². The number of para-hydroxylation sites is 1. The number of thioether (sulfide) groups is 1. The zero-order valence-corrected chi connectivity index (χ0v) is 19.0. The first-order chi connectivity index (χ1) is 14.6. The van der Waals surface area contributed by atoms with Crippen LogP contribution in [-0.4, -0.2) is 15.3 Å². The summed E-state index contributed by atoms with van der Waals surface area (Å²) in [5.74, 6) is 0.971. The van der Waals surface area contributed by atoms with Gasteiger partial charge in [-0.15, -0.1) is 0 Å². The molecule has 0 saturated heterocycles. The zero-order valence-electron chi connectivity index (χ0n) is 18.1. The van der Waals surface area contributed by atoms with Crippen LogP contribution in [0.1, 0.15) is 57.6 Å². The first-order valence-corrected chi connectivity index (χ1v) is 12.0. The highest BCUT2D eigenvalue weighted by atomic mass is 32.2. The molecule has 0 aliphatic heterocycles. The molecule has 2 aromatic carbocycles. The van der Waals surface area contributed by atoms with E-state index in [9.17, 15) is 4.79 Å². The minimum absolute atomic E-state index is 0.0862. The van der Waals surface area contributed by atoms with Crippen LogP contribution in [0.3, 0.4) is 0 Å². The van der Waals surface area contributed by atoms with Gasteiger partial charge in [0.1, 0.15) is 0 Å². The van der Waals surface area contributed by atoms with Gasteiger partial charge in [-0.3, -0.25) is 9.36 Å². The summed E-state index contributed by atoms with van der Waals surface area (Å²) in [4.78, 5) is 19.2. The molecule has 4 heteroatoms. The molecule has 0 amide bonds. The Morgan fingerprint density at radius 1 is 1.03 bits per heavy atom. The van der Waals surface area contributed by atoms with Crippen molar-refractivity contribution < 1.29 is 0 Å². The summed E-state index contributed by atoms with van der Waals surface area (Å²) in [6, 6.07) is 18.4. The molecular formula is C26H30N2OS. The van der Waals surface area contributed by atoms with Gasteiger partial charge in [-0.05, 0) is 37.0 Å². The second-order valence-corrected chi connectivity index (χ2v) is 9.46. The Labute approximate surface area is 183 Å². The van der Waals surface area contributed by atoms with E-state index in [4.69, 9.17) is 4.98 Å². The third-order valence-corrected chi connectivity index (χ3v) is 7.31. The SMILES string of the molecule is CCCCCSc1nc2c(c(=O)n1-c1ccccc1)C(C)(CC)Cc1ccccc1-2. The van der Waals surface area contributed by atoms with Crippen molar-refractivity contribution in [1.82, 2.24) is 9.55 Å². The summed E-state index contributed by atoms with van der Waals surface area (Å²) in [6.07, 6.45) is 5.30. The lowest BCUT2D eigenvalue weighted by molar-refractivity contribution is 0.435. The lowest BCUT2D eigenvalue weighted by atomic mass is 9.69. The minimum Gasteiger partial charge on any atom is -0.268 e. The molecule has 1 aromatic heterocycles. The fraction of sp³-hybridized carbons (Fsp3) is 0.385. The first kappa shape index (κ1) is 20.9. The Bertz CT molecular complexity index is 1090.